The van der Waals surface area contributed by atoms with E-state index in [0.717, 1.165) is 44.9 Å². The summed E-state index contributed by atoms with van der Waals surface area (Å²) in [5, 5.41) is 9.88. The van der Waals surface area contributed by atoms with Crippen molar-refractivity contribution in [3.8, 4) is 0 Å². The highest BCUT2D eigenvalue weighted by molar-refractivity contribution is 5.93. The Hall–Kier alpha value is -2.49. The van der Waals surface area contributed by atoms with E-state index in [1.165, 1.54) is 16.7 Å². The fourth-order valence-corrected chi connectivity index (χ4v) is 3.33. The van der Waals surface area contributed by atoms with Crippen molar-refractivity contribution in [2.75, 3.05) is 0 Å². The summed E-state index contributed by atoms with van der Waals surface area (Å²) in [5.74, 6) is 0.0815. The van der Waals surface area contributed by atoms with Crippen molar-refractivity contribution in [2.24, 2.45) is 5.92 Å². The molecule has 1 aliphatic rings. The average Bonchev–Trinajstić information content (AvgIpc) is 3.27. The van der Waals surface area contributed by atoms with Crippen molar-refractivity contribution in [3.05, 3.63) is 70.6 Å². The Morgan fingerprint density at radius 3 is 2.55 bits per heavy atom. The van der Waals surface area contributed by atoms with Gasteiger partial charge in [0.2, 0.25) is 0 Å². The number of carbonyl (C=O) groups is 1. The normalized spacial score (nSPS) is 17.9. The van der Waals surface area contributed by atoms with E-state index in [2.05, 4.69) is 32.9 Å². The van der Waals surface area contributed by atoms with Gasteiger partial charge in [-0.3, -0.25) is 0 Å². The van der Waals surface area contributed by atoms with Crippen molar-refractivity contribution in [3.63, 3.8) is 0 Å². The maximum Gasteiger partial charge on any atom is 0.343 e. The molecule has 4 heteroatoms. The minimum Gasteiger partial charge on any atom is -0.504 e. The maximum atomic E-state index is 11.4. The second-order valence-corrected chi connectivity index (χ2v) is 8.07. The third-order valence-electron chi connectivity index (χ3n) is 5.30. The maximum absolute atomic E-state index is 11.4. The molecule has 0 spiro atoms. The van der Waals surface area contributed by atoms with E-state index in [1.54, 1.807) is 13.2 Å². The number of esters is 1. The number of cyclic esters (lactones) is 1. The van der Waals surface area contributed by atoms with E-state index in [9.17, 15) is 9.90 Å². The zero-order valence-electron chi connectivity index (χ0n) is 18.2. The fourth-order valence-electron chi connectivity index (χ4n) is 3.33. The van der Waals surface area contributed by atoms with Crippen LogP contribution in [0, 0.1) is 5.92 Å². The van der Waals surface area contributed by atoms with Crippen LogP contribution in [-0.2, 0) is 16.0 Å². The molecule has 1 N–H and O–H groups in total. The lowest BCUT2D eigenvalue weighted by atomic mass is 9.99. The molecule has 0 aromatic carbocycles. The topological polar surface area (TPSA) is 59.7 Å². The van der Waals surface area contributed by atoms with E-state index >= 15 is 0 Å². The molecule has 158 valence electrons. The molecule has 0 unspecified atom stereocenters. The molecule has 0 radical (unpaired) electrons. The Balaban J connectivity index is 1.63. The molecule has 0 saturated heterocycles. The van der Waals surface area contributed by atoms with E-state index in [1.807, 2.05) is 18.4 Å². The molecule has 4 nitrogen and oxygen atoms in total. The van der Waals surface area contributed by atoms with Gasteiger partial charge in [0.05, 0.1) is 18.1 Å². The van der Waals surface area contributed by atoms with Crippen molar-refractivity contribution in [2.45, 2.75) is 72.6 Å². The van der Waals surface area contributed by atoms with Crippen LogP contribution < -0.4 is 0 Å². The minimum atomic E-state index is -0.453. The molecule has 0 saturated carbocycles. The number of aliphatic hydroxyl groups excluding tert-OH is 1. The average molecular weight is 399 g/mol. The first-order chi connectivity index (χ1) is 13.9. The van der Waals surface area contributed by atoms with Crippen LogP contribution in [0.25, 0.3) is 0 Å². The number of rotatable bonds is 11. The highest BCUT2D eigenvalue weighted by Gasteiger charge is 2.26. The highest BCUT2D eigenvalue weighted by Crippen LogP contribution is 2.26. The first kappa shape index (κ1) is 22.8. The monoisotopic (exact) mass is 398 g/mol. The second-order valence-electron chi connectivity index (χ2n) is 8.07. The van der Waals surface area contributed by atoms with Crippen LogP contribution in [0.5, 0.6) is 0 Å². The summed E-state index contributed by atoms with van der Waals surface area (Å²) in [6.45, 7) is 8.05. The molecule has 1 aromatic heterocycles. The number of allylic oxidation sites excluding steroid dienone is 5. The van der Waals surface area contributed by atoms with Gasteiger partial charge in [-0.05, 0) is 89.3 Å². The van der Waals surface area contributed by atoms with Crippen LogP contribution in [0.2, 0.25) is 0 Å². The minimum absolute atomic E-state index is 0.0221. The summed E-state index contributed by atoms with van der Waals surface area (Å²) in [6, 6.07) is 2.02. The molecule has 0 aliphatic carbocycles. The van der Waals surface area contributed by atoms with E-state index in [4.69, 9.17) is 9.15 Å². The summed E-state index contributed by atoms with van der Waals surface area (Å²) in [7, 11) is 0. The summed E-state index contributed by atoms with van der Waals surface area (Å²) in [6.07, 6.45) is 17.4. The smallest absolute Gasteiger partial charge is 0.343 e. The molecular formula is C25H34O4. The summed E-state index contributed by atoms with van der Waals surface area (Å²) in [4.78, 5) is 11.4. The predicted molar refractivity (Wildman–Crippen MR) is 116 cm³/mol. The summed E-state index contributed by atoms with van der Waals surface area (Å²) < 4.78 is 10.2. The SMILES string of the molecule is CC1=C(O)/C(=C\[C@@H](C)CCC/C(C)=C/CC/C(C)=C/CCc2ccoc2)OC1=O. The lowest BCUT2D eigenvalue weighted by Gasteiger charge is -2.08. The van der Waals surface area contributed by atoms with Crippen molar-refractivity contribution in [1.82, 2.24) is 0 Å². The van der Waals surface area contributed by atoms with Gasteiger partial charge in [0, 0.05) is 0 Å². The van der Waals surface area contributed by atoms with Gasteiger partial charge in [-0.1, -0.05) is 30.2 Å². The van der Waals surface area contributed by atoms with Crippen molar-refractivity contribution < 1.29 is 19.1 Å². The molecule has 29 heavy (non-hydrogen) atoms. The van der Waals surface area contributed by atoms with E-state index in [0.29, 0.717) is 5.76 Å². The highest BCUT2D eigenvalue weighted by atomic mass is 16.6. The Kier molecular flexibility index (Phi) is 9.04. The summed E-state index contributed by atoms with van der Waals surface area (Å²) >= 11 is 0. The zero-order valence-corrected chi connectivity index (χ0v) is 18.2. The van der Waals surface area contributed by atoms with Gasteiger partial charge in [-0.2, -0.15) is 0 Å². The first-order valence-electron chi connectivity index (χ1n) is 10.5. The third kappa shape index (κ3) is 7.80. The van der Waals surface area contributed by atoms with Crippen LogP contribution in [0.1, 0.15) is 71.8 Å². The molecule has 0 amide bonds. The zero-order chi connectivity index (χ0) is 21.2. The standard InChI is InChI=1S/C25H34O4/c1-18(8-5-9-19(2)11-7-13-22-14-15-28-17-22)10-6-12-20(3)16-23-24(26)21(4)25(27)29-23/h8,11,14-17,20,26H,5-7,9-10,12-13H2,1-4H3/b18-8+,19-11+,23-16+/t20-/m0/s1. The molecule has 1 aliphatic heterocycles. The van der Waals surface area contributed by atoms with Crippen LogP contribution in [0.4, 0.5) is 0 Å². The van der Waals surface area contributed by atoms with E-state index < -0.39 is 5.97 Å². The lowest BCUT2D eigenvalue weighted by Crippen LogP contribution is -1.97. The van der Waals surface area contributed by atoms with Crippen molar-refractivity contribution in [1.29, 1.82) is 0 Å². The summed E-state index contributed by atoms with van der Waals surface area (Å²) in [5.41, 5.74) is 4.39. The molecule has 2 heterocycles. The number of furan rings is 1. The predicted octanol–water partition coefficient (Wildman–Crippen LogP) is 6.96. The van der Waals surface area contributed by atoms with Crippen LogP contribution in [0.15, 0.2) is 69.5 Å². The van der Waals surface area contributed by atoms with Crippen LogP contribution in [0.3, 0.4) is 0 Å². The van der Waals surface area contributed by atoms with Crippen molar-refractivity contribution >= 4 is 5.97 Å². The van der Waals surface area contributed by atoms with Gasteiger partial charge in [-0.15, -0.1) is 0 Å². The molecular weight excluding hydrogens is 364 g/mol. The van der Waals surface area contributed by atoms with Crippen LogP contribution >= 0.6 is 0 Å². The van der Waals surface area contributed by atoms with Gasteiger partial charge >= 0.3 is 5.97 Å². The largest absolute Gasteiger partial charge is 0.504 e. The fraction of sp³-hybridized carbons (Fsp3) is 0.480. The number of hydrogen-bond donors (Lipinski definition) is 1. The number of hydrogen-bond acceptors (Lipinski definition) is 4. The van der Waals surface area contributed by atoms with Gasteiger partial charge < -0.3 is 14.3 Å². The van der Waals surface area contributed by atoms with Gasteiger partial charge in [0.25, 0.3) is 0 Å². The Morgan fingerprint density at radius 1 is 1.17 bits per heavy atom. The molecule has 1 atom stereocenters. The number of aliphatic hydroxyl groups is 1. The molecule has 2 rings (SSSR count). The Labute approximate surface area is 174 Å². The number of carbonyl (C=O) groups excluding carboxylic acids is 1. The number of ether oxygens (including phenoxy) is 1. The Morgan fingerprint density at radius 2 is 1.90 bits per heavy atom. The van der Waals surface area contributed by atoms with E-state index in [-0.39, 0.29) is 17.3 Å². The molecule has 0 bridgehead atoms. The van der Waals surface area contributed by atoms with Crippen LogP contribution in [-0.4, -0.2) is 11.1 Å². The third-order valence-corrected chi connectivity index (χ3v) is 5.30. The first-order valence-corrected chi connectivity index (χ1v) is 10.5. The second kappa shape index (κ2) is 11.5. The molecule has 1 aromatic rings. The quantitative estimate of drug-likeness (QED) is 0.323. The molecule has 0 fully saturated rings. The van der Waals surface area contributed by atoms with Gasteiger partial charge in [0.1, 0.15) is 0 Å². The Bertz CT molecular complexity index is 791. The number of aryl methyl sites for hydroxylation is 1. The lowest BCUT2D eigenvalue weighted by molar-refractivity contribution is -0.133. The van der Waals surface area contributed by atoms with Gasteiger partial charge in [0.15, 0.2) is 11.5 Å². The van der Waals surface area contributed by atoms with Gasteiger partial charge in [-0.25, -0.2) is 4.79 Å².